The van der Waals surface area contributed by atoms with Crippen molar-refractivity contribution in [3.8, 4) is 5.75 Å². The van der Waals surface area contributed by atoms with Gasteiger partial charge >= 0.3 is 12.1 Å². The first-order chi connectivity index (χ1) is 17.3. The average molecular weight is 507 g/mol. The molecule has 0 radical (unpaired) electrons. The van der Waals surface area contributed by atoms with E-state index in [2.05, 4.69) is 10.1 Å². The highest BCUT2D eigenvalue weighted by atomic mass is 19.4. The van der Waals surface area contributed by atoms with Gasteiger partial charge in [-0.25, -0.2) is 0 Å². The summed E-state index contributed by atoms with van der Waals surface area (Å²) in [7, 11) is 0. The van der Waals surface area contributed by atoms with Gasteiger partial charge in [0.05, 0.1) is 18.4 Å². The minimum Gasteiger partial charge on any atom is -0.493 e. The van der Waals surface area contributed by atoms with E-state index in [1.165, 1.54) is 6.07 Å². The summed E-state index contributed by atoms with van der Waals surface area (Å²) in [5.41, 5.74) is 2.81. The Balaban J connectivity index is 0.00000176. The number of rotatable bonds is 9. The third-order valence-corrected chi connectivity index (χ3v) is 6.01. The van der Waals surface area contributed by atoms with Gasteiger partial charge in [-0.05, 0) is 55.0 Å². The van der Waals surface area contributed by atoms with Crippen molar-refractivity contribution >= 4 is 22.6 Å². The zero-order valence-corrected chi connectivity index (χ0v) is 21.0. The Labute approximate surface area is 209 Å². The molecular formula is C27H33F3N2O4. The monoisotopic (exact) mass is 506 g/mol. The lowest BCUT2D eigenvalue weighted by molar-refractivity contribution is -0.141. The number of hydrogen-bond acceptors (Lipinski definition) is 5. The van der Waals surface area contributed by atoms with Gasteiger partial charge in [0.1, 0.15) is 5.75 Å². The van der Waals surface area contributed by atoms with E-state index < -0.39 is 17.8 Å². The van der Waals surface area contributed by atoms with Gasteiger partial charge in [-0.15, -0.1) is 0 Å². The third kappa shape index (κ3) is 6.30. The van der Waals surface area contributed by atoms with Crippen molar-refractivity contribution < 1.29 is 32.3 Å². The van der Waals surface area contributed by atoms with Crippen molar-refractivity contribution in [1.82, 2.24) is 5.16 Å². The molecule has 0 saturated heterocycles. The Morgan fingerprint density at radius 2 is 2.00 bits per heavy atom. The lowest BCUT2D eigenvalue weighted by atomic mass is 9.98. The van der Waals surface area contributed by atoms with Crippen molar-refractivity contribution in [3.63, 3.8) is 0 Å². The summed E-state index contributed by atoms with van der Waals surface area (Å²) >= 11 is 0. The number of aryl methyl sites for hydroxylation is 2. The Morgan fingerprint density at radius 1 is 1.22 bits per heavy atom. The number of carboxylic acids is 1. The molecule has 0 atom stereocenters. The number of benzene rings is 2. The fourth-order valence-electron chi connectivity index (χ4n) is 4.55. The third-order valence-electron chi connectivity index (χ3n) is 6.01. The van der Waals surface area contributed by atoms with Crippen LogP contribution in [0.5, 0.6) is 5.75 Å². The maximum absolute atomic E-state index is 13.2. The molecule has 6 nitrogen and oxygen atoms in total. The van der Waals surface area contributed by atoms with E-state index in [9.17, 15) is 18.0 Å². The molecule has 196 valence electrons. The van der Waals surface area contributed by atoms with Crippen molar-refractivity contribution in [3.05, 3.63) is 52.7 Å². The minimum atomic E-state index is -4.57. The summed E-state index contributed by atoms with van der Waals surface area (Å²) in [6.45, 7) is 8.03. The number of aliphatic carboxylic acids is 1. The summed E-state index contributed by atoms with van der Waals surface area (Å²) in [4.78, 5) is 13.3. The quantitative estimate of drug-likeness (QED) is 0.327. The van der Waals surface area contributed by atoms with Gasteiger partial charge in [-0.3, -0.25) is 4.79 Å². The molecule has 36 heavy (non-hydrogen) atoms. The predicted octanol–water partition coefficient (Wildman–Crippen LogP) is 6.67. The molecule has 0 aliphatic carbocycles. The molecule has 0 unspecified atom stereocenters. The number of anilines is 1. The zero-order chi connectivity index (χ0) is 26.3. The van der Waals surface area contributed by atoms with Gasteiger partial charge in [0, 0.05) is 24.3 Å². The maximum atomic E-state index is 13.2. The van der Waals surface area contributed by atoms with Crippen LogP contribution in [0.1, 0.15) is 62.4 Å². The van der Waals surface area contributed by atoms with Gasteiger partial charge in [-0.2, -0.15) is 13.2 Å². The topological polar surface area (TPSA) is 75.8 Å². The lowest BCUT2D eigenvalue weighted by Crippen LogP contribution is -2.31. The van der Waals surface area contributed by atoms with Crippen LogP contribution in [0.15, 0.2) is 34.9 Å². The van der Waals surface area contributed by atoms with Gasteiger partial charge in [-0.1, -0.05) is 44.5 Å². The molecule has 1 aliphatic rings. The first-order valence-electron chi connectivity index (χ1n) is 12.5. The Hall–Kier alpha value is -3.23. The average Bonchev–Trinajstić information content (AvgIpc) is 3.29. The largest absolute Gasteiger partial charge is 0.493 e. The normalized spacial score (nSPS) is 13.2. The summed E-state index contributed by atoms with van der Waals surface area (Å²) in [6.07, 6.45) is -0.660. The van der Waals surface area contributed by atoms with Crippen LogP contribution in [0.4, 0.5) is 18.9 Å². The van der Waals surface area contributed by atoms with Crippen LogP contribution in [0.2, 0.25) is 0 Å². The van der Waals surface area contributed by atoms with E-state index in [1.807, 2.05) is 39.0 Å². The number of ether oxygens (including phenoxy) is 1. The highest BCUT2D eigenvalue weighted by molar-refractivity contribution is 5.85. The van der Waals surface area contributed by atoms with Crippen LogP contribution in [-0.2, 0) is 30.2 Å². The highest BCUT2D eigenvalue weighted by Gasteiger charge is 2.37. The summed E-state index contributed by atoms with van der Waals surface area (Å²) in [5.74, 6) is -0.318. The van der Waals surface area contributed by atoms with E-state index >= 15 is 0 Å². The molecule has 9 heteroatoms. The van der Waals surface area contributed by atoms with Gasteiger partial charge in [0.15, 0.2) is 11.3 Å². The molecule has 3 aromatic rings. The molecule has 2 heterocycles. The van der Waals surface area contributed by atoms with Crippen LogP contribution in [0.25, 0.3) is 11.0 Å². The van der Waals surface area contributed by atoms with Crippen molar-refractivity contribution in [2.45, 2.75) is 65.5 Å². The van der Waals surface area contributed by atoms with Crippen LogP contribution >= 0.6 is 0 Å². The van der Waals surface area contributed by atoms with Crippen LogP contribution in [0, 0.1) is 0 Å². The zero-order valence-electron chi connectivity index (χ0n) is 21.0. The first kappa shape index (κ1) is 27.4. The molecule has 4 rings (SSSR count). The minimum absolute atomic E-state index is 0.0151. The summed E-state index contributed by atoms with van der Waals surface area (Å²) in [6, 6.07) is 8.76. The summed E-state index contributed by atoms with van der Waals surface area (Å²) in [5, 5.41) is 12.2. The molecule has 0 bridgehead atoms. The smallest absolute Gasteiger partial charge is 0.437 e. The van der Waals surface area contributed by atoms with Crippen molar-refractivity contribution in [1.29, 1.82) is 0 Å². The van der Waals surface area contributed by atoms with Crippen LogP contribution in [-0.4, -0.2) is 35.9 Å². The van der Waals surface area contributed by atoms with E-state index in [4.69, 9.17) is 14.4 Å². The Kier molecular flexibility index (Phi) is 9.23. The molecule has 1 aliphatic heterocycles. The standard InChI is InChI=1S/C25H27F3N2O4.C2H6/c1-2-5-18-21(10-8-19-23(18)34-29-24(19)25(26,27)28)33-13-4-12-30-11-3-6-17-14-16(15-22(31)32)7-9-20(17)30;1-2/h7-10,14H,2-6,11-13,15H2,1H3,(H,31,32);1-2H3. The van der Waals surface area contributed by atoms with Crippen LogP contribution in [0.3, 0.4) is 0 Å². The molecule has 1 aromatic heterocycles. The molecule has 1 N–H and O–H groups in total. The fraction of sp³-hybridized carbons (Fsp3) is 0.481. The second kappa shape index (κ2) is 12.1. The lowest BCUT2D eigenvalue weighted by Gasteiger charge is -2.31. The fourth-order valence-corrected chi connectivity index (χ4v) is 4.55. The number of carbonyl (C=O) groups is 1. The molecule has 0 fully saturated rings. The molecular weight excluding hydrogens is 473 g/mol. The summed E-state index contributed by atoms with van der Waals surface area (Å²) < 4.78 is 50.6. The second-order valence-electron chi connectivity index (χ2n) is 8.52. The molecule has 0 amide bonds. The number of aromatic nitrogens is 1. The SMILES string of the molecule is CC.CCCc1c(OCCCN2CCCc3cc(CC(=O)O)ccc32)ccc2c(C(F)(F)F)noc12. The molecule has 2 aromatic carbocycles. The van der Waals surface area contributed by atoms with Crippen molar-refractivity contribution in [2.24, 2.45) is 0 Å². The number of fused-ring (bicyclic) bond motifs is 2. The van der Waals surface area contributed by atoms with Crippen molar-refractivity contribution in [2.75, 3.05) is 24.6 Å². The predicted molar refractivity (Wildman–Crippen MR) is 133 cm³/mol. The van der Waals surface area contributed by atoms with Gasteiger partial charge in [0.2, 0.25) is 0 Å². The van der Waals surface area contributed by atoms with Gasteiger partial charge < -0.3 is 19.3 Å². The molecule has 0 saturated carbocycles. The first-order valence-corrected chi connectivity index (χ1v) is 12.5. The Bertz CT molecular complexity index is 1170. The van der Waals surface area contributed by atoms with E-state index in [0.29, 0.717) is 24.3 Å². The van der Waals surface area contributed by atoms with E-state index in [1.54, 1.807) is 6.07 Å². The Morgan fingerprint density at radius 3 is 2.69 bits per heavy atom. The maximum Gasteiger partial charge on any atom is 0.437 e. The van der Waals surface area contributed by atoms with Crippen LogP contribution < -0.4 is 9.64 Å². The highest BCUT2D eigenvalue weighted by Crippen LogP contribution is 2.38. The number of halogens is 3. The van der Waals surface area contributed by atoms with E-state index in [0.717, 1.165) is 55.6 Å². The number of nitrogens with zero attached hydrogens (tertiary/aromatic N) is 2. The number of carboxylic acid groups (broad SMARTS) is 1. The van der Waals surface area contributed by atoms with E-state index in [-0.39, 0.29) is 17.4 Å². The second-order valence-corrected chi connectivity index (χ2v) is 8.52. The number of alkyl halides is 3. The molecule has 0 spiro atoms. The van der Waals surface area contributed by atoms with Gasteiger partial charge in [0.25, 0.3) is 0 Å². The number of hydrogen-bond donors (Lipinski definition) is 1.